The number of pyridine rings is 2. The first-order valence-electron chi connectivity index (χ1n) is 10.8. The van der Waals surface area contributed by atoms with Crippen LogP contribution in [0.1, 0.15) is 21.6 Å². The number of aryl methyl sites for hydroxylation is 1. The zero-order valence-corrected chi connectivity index (χ0v) is 21.1. The molecule has 0 amide bonds. The zero-order valence-electron chi connectivity index (χ0n) is 19.5. The molecule has 2 aromatic heterocycles. The van der Waals surface area contributed by atoms with E-state index in [2.05, 4.69) is 9.51 Å². The summed E-state index contributed by atoms with van der Waals surface area (Å²) >= 11 is 6.13. The van der Waals surface area contributed by atoms with Crippen LogP contribution in [0.5, 0.6) is 17.2 Å². The molecule has 9 nitrogen and oxygen atoms in total. The Morgan fingerprint density at radius 1 is 1.05 bits per heavy atom. The highest BCUT2D eigenvalue weighted by molar-refractivity contribution is 7.46. The van der Waals surface area contributed by atoms with E-state index in [-0.39, 0.29) is 27.8 Å². The molecule has 2 aromatic carbocycles. The van der Waals surface area contributed by atoms with Crippen molar-refractivity contribution in [1.82, 2.24) is 9.55 Å². The van der Waals surface area contributed by atoms with Gasteiger partial charge in [-0.3, -0.25) is 28.9 Å². The third-order valence-corrected chi connectivity index (χ3v) is 6.16. The number of rotatable bonds is 8. The van der Waals surface area contributed by atoms with Crippen molar-refractivity contribution in [2.75, 3.05) is 0 Å². The van der Waals surface area contributed by atoms with Crippen LogP contribution in [0.2, 0.25) is 5.02 Å². The van der Waals surface area contributed by atoms with Crippen LogP contribution >= 0.6 is 19.4 Å². The number of phosphoric ester groups is 1. The van der Waals surface area contributed by atoms with Gasteiger partial charge in [0.25, 0.3) is 5.56 Å². The van der Waals surface area contributed by atoms with Gasteiger partial charge in [-0.25, -0.2) is 13.3 Å². The first kappa shape index (κ1) is 27.2. The van der Waals surface area contributed by atoms with Gasteiger partial charge in [0, 0.05) is 30.6 Å². The van der Waals surface area contributed by atoms with Crippen molar-refractivity contribution in [1.29, 1.82) is 0 Å². The third kappa shape index (κ3) is 6.15. The molecule has 0 saturated carbocycles. The van der Waals surface area contributed by atoms with Gasteiger partial charge in [-0.15, -0.1) is 0 Å². The van der Waals surface area contributed by atoms with E-state index in [1.54, 1.807) is 6.92 Å². The van der Waals surface area contributed by atoms with Crippen molar-refractivity contribution in [3.63, 3.8) is 0 Å². The number of carbonyl (C=O) groups excluding carboxylic acids is 1. The number of hydrogen-bond acceptors (Lipinski definition) is 6. The van der Waals surface area contributed by atoms with E-state index in [1.807, 2.05) is 0 Å². The molecule has 0 spiro atoms. The van der Waals surface area contributed by atoms with Crippen molar-refractivity contribution in [2.45, 2.75) is 13.3 Å². The lowest BCUT2D eigenvalue weighted by atomic mass is 10.0. The van der Waals surface area contributed by atoms with Gasteiger partial charge >= 0.3 is 7.82 Å². The molecule has 0 aliphatic heterocycles. The van der Waals surface area contributed by atoms with E-state index in [0.717, 1.165) is 35.0 Å². The van der Waals surface area contributed by atoms with Crippen molar-refractivity contribution in [3.8, 4) is 22.9 Å². The SMILES string of the molecule is Cc1nccc(Oc2ccc(CC(=O)c3c(OP(=O)(O)O)ccn(-c4ccc(F)cc4)c3=O)cc2F)c1Cl. The van der Waals surface area contributed by atoms with Gasteiger partial charge in [-0.2, -0.15) is 0 Å². The summed E-state index contributed by atoms with van der Waals surface area (Å²) in [5, 5.41) is 0.199. The van der Waals surface area contributed by atoms with Crippen molar-refractivity contribution < 1.29 is 37.2 Å². The summed E-state index contributed by atoms with van der Waals surface area (Å²) in [6, 6.07) is 10.9. The minimum atomic E-state index is -5.15. The number of aromatic nitrogens is 2. The number of ketones is 1. The first-order valence-corrected chi connectivity index (χ1v) is 12.7. The van der Waals surface area contributed by atoms with Gasteiger partial charge in [0.15, 0.2) is 17.3 Å². The molecule has 0 atom stereocenters. The monoisotopic (exact) mass is 562 g/mol. The number of benzene rings is 2. The number of phosphoric acid groups is 1. The smallest absolute Gasteiger partial charge is 0.453 e. The molecule has 0 bridgehead atoms. The van der Waals surface area contributed by atoms with Crippen molar-refractivity contribution in [3.05, 3.63) is 111 Å². The molecule has 4 aromatic rings. The Morgan fingerprint density at radius 3 is 2.42 bits per heavy atom. The van der Waals surface area contributed by atoms with Crippen LogP contribution in [0, 0.1) is 18.6 Å². The average molecular weight is 563 g/mol. The molecular weight excluding hydrogens is 545 g/mol. The lowest BCUT2D eigenvalue weighted by molar-refractivity contribution is 0.0989. The summed E-state index contributed by atoms with van der Waals surface area (Å²) in [4.78, 5) is 48.8. The predicted octanol–water partition coefficient (Wildman–Crippen LogP) is 5.16. The molecule has 2 heterocycles. The lowest BCUT2D eigenvalue weighted by Gasteiger charge is -2.14. The number of ether oxygens (including phenoxy) is 1. The maximum atomic E-state index is 14.8. The molecular formula is C25H18ClF2N2O7P. The summed E-state index contributed by atoms with van der Waals surface area (Å²) in [5.41, 5.74) is -0.855. The largest absolute Gasteiger partial charge is 0.524 e. The number of halogens is 3. The molecule has 0 aliphatic carbocycles. The molecule has 196 valence electrons. The summed E-state index contributed by atoms with van der Waals surface area (Å²) in [6.45, 7) is 1.65. The summed E-state index contributed by atoms with van der Waals surface area (Å²) in [6.07, 6.45) is 2.04. The lowest BCUT2D eigenvalue weighted by Crippen LogP contribution is -2.26. The fourth-order valence-electron chi connectivity index (χ4n) is 3.52. The summed E-state index contributed by atoms with van der Waals surface area (Å²) in [5.74, 6) is -2.96. The van der Waals surface area contributed by atoms with Gasteiger partial charge in [0.1, 0.15) is 27.9 Å². The maximum absolute atomic E-state index is 14.8. The number of nitrogens with zero attached hydrogens (tertiary/aromatic N) is 2. The standard InChI is InChI=1S/C25H18ClF2N2O7P/c1-14-24(26)22(8-10-29-14)36-20-7-2-15(12-18(20)28)13-19(31)23-21(37-38(33,34)35)9-11-30(25(23)32)17-5-3-16(27)4-6-17/h2-12H,13H2,1H3,(H2,33,34,35). The van der Waals surface area contributed by atoms with E-state index in [9.17, 15) is 32.7 Å². The number of hydrogen-bond donors (Lipinski definition) is 2. The number of Topliss-reactive ketones (excluding diaryl/α,β-unsaturated/α-hetero) is 1. The highest BCUT2D eigenvalue weighted by Crippen LogP contribution is 2.39. The average Bonchev–Trinajstić information content (AvgIpc) is 2.83. The maximum Gasteiger partial charge on any atom is 0.524 e. The molecule has 0 aliphatic rings. The predicted molar refractivity (Wildman–Crippen MR) is 133 cm³/mol. The fraction of sp³-hybridized carbons (Fsp3) is 0.0800. The van der Waals surface area contributed by atoms with Gasteiger partial charge < -0.3 is 9.26 Å². The minimum absolute atomic E-state index is 0.135. The van der Waals surface area contributed by atoms with E-state index >= 15 is 0 Å². The van der Waals surface area contributed by atoms with Crippen LogP contribution in [0.15, 0.2) is 71.8 Å². The highest BCUT2D eigenvalue weighted by Gasteiger charge is 2.26. The second-order valence-electron chi connectivity index (χ2n) is 7.96. The van der Waals surface area contributed by atoms with Crippen LogP contribution < -0.4 is 14.8 Å². The van der Waals surface area contributed by atoms with Crippen LogP contribution in [0.25, 0.3) is 5.69 Å². The quantitative estimate of drug-likeness (QED) is 0.223. The molecule has 13 heteroatoms. The van der Waals surface area contributed by atoms with E-state index in [4.69, 9.17) is 16.3 Å². The summed E-state index contributed by atoms with van der Waals surface area (Å²) in [7, 11) is -5.15. The van der Waals surface area contributed by atoms with Crippen molar-refractivity contribution in [2.24, 2.45) is 0 Å². The highest BCUT2D eigenvalue weighted by atomic mass is 35.5. The second-order valence-corrected chi connectivity index (χ2v) is 9.51. The number of carbonyl (C=O) groups is 1. The Morgan fingerprint density at radius 2 is 1.76 bits per heavy atom. The Hall–Kier alpha value is -3.89. The van der Waals surface area contributed by atoms with E-state index in [1.165, 1.54) is 36.5 Å². The second kappa shape index (κ2) is 10.8. The topological polar surface area (TPSA) is 128 Å². The van der Waals surface area contributed by atoms with Crippen LogP contribution in [0.3, 0.4) is 0 Å². The normalized spacial score (nSPS) is 11.3. The molecule has 0 unspecified atom stereocenters. The van der Waals surface area contributed by atoms with E-state index in [0.29, 0.717) is 5.69 Å². The summed E-state index contributed by atoms with van der Waals surface area (Å²) < 4.78 is 50.6. The fourth-order valence-corrected chi connectivity index (χ4v) is 4.08. The Kier molecular flexibility index (Phi) is 7.75. The van der Waals surface area contributed by atoms with E-state index < -0.39 is 48.5 Å². The Balaban J connectivity index is 1.67. The first-order chi connectivity index (χ1) is 17.9. The minimum Gasteiger partial charge on any atom is -0.453 e. The Labute approximate surface area is 219 Å². The zero-order chi connectivity index (χ0) is 27.6. The van der Waals surface area contributed by atoms with Crippen molar-refractivity contribution >= 4 is 25.2 Å². The van der Waals surface area contributed by atoms with Gasteiger partial charge in [-0.1, -0.05) is 17.7 Å². The third-order valence-electron chi connectivity index (χ3n) is 5.26. The molecule has 38 heavy (non-hydrogen) atoms. The molecule has 2 N–H and O–H groups in total. The van der Waals surface area contributed by atoms with Crippen LogP contribution in [0.4, 0.5) is 8.78 Å². The molecule has 0 saturated heterocycles. The van der Waals surface area contributed by atoms with Crippen LogP contribution in [-0.2, 0) is 11.0 Å². The molecule has 4 rings (SSSR count). The molecule has 0 fully saturated rings. The van der Waals surface area contributed by atoms with Gasteiger partial charge in [0.2, 0.25) is 0 Å². The van der Waals surface area contributed by atoms with Gasteiger partial charge in [-0.05, 0) is 55.0 Å². The Bertz CT molecular complexity index is 1640. The molecule has 0 radical (unpaired) electrons. The van der Waals surface area contributed by atoms with Crippen LogP contribution in [-0.4, -0.2) is 25.1 Å². The van der Waals surface area contributed by atoms with Gasteiger partial charge in [0.05, 0.1) is 5.69 Å².